The maximum absolute atomic E-state index is 6.44. The van der Waals surface area contributed by atoms with E-state index in [2.05, 4.69) is 68.5 Å². The second kappa shape index (κ2) is 6.06. The Labute approximate surface area is 114 Å². The molecule has 0 heterocycles. The van der Waals surface area contributed by atoms with E-state index in [-0.39, 0.29) is 5.38 Å². The summed E-state index contributed by atoms with van der Waals surface area (Å²) in [5.41, 5.74) is 1.20. The fourth-order valence-electron chi connectivity index (χ4n) is 2.01. The number of allylic oxidation sites excluding steroid dienone is 2. The van der Waals surface area contributed by atoms with Gasteiger partial charge in [-0.05, 0) is 34.7 Å². The van der Waals surface area contributed by atoms with E-state index in [1.54, 1.807) is 0 Å². The number of fused-ring (bicyclic) bond motifs is 1. The minimum atomic E-state index is 0.0598. The summed E-state index contributed by atoms with van der Waals surface area (Å²) in [6.45, 7) is 4.35. The summed E-state index contributed by atoms with van der Waals surface area (Å²) in [5.74, 6) is 0.588. The third kappa shape index (κ3) is 3.36. The van der Waals surface area contributed by atoms with Crippen molar-refractivity contribution in [2.75, 3.05) is 0 Å². The SMILES string of the molecule is CC(C)/C=C/CC(Cl)c1ccc2ccccc2c1. The van der Waals surface area contributed by atoms with Gasteiger partial charge in [0.15, 0.2) is 0 Å². The highest BCUT2D eigenvalue weighted by atomic mass is 35.5. The van der Waals surface area contributed by atoms with Crippen molar-refractivity contribution in [3.8, 4) is 0 Å². The van der Waals surface area contributed by atoms with E-state index >= 15 is 0 Å². The summed E-state index contributed by atoms with van der Waals surface area (Å²) in [6, 6.07) is 14.8. The molecular weight excluding hydrogens is 240 g/mol. The molecule has 1 heteroatoms. The zero-order valence-corrected chi connectivity index (χ0v) is 11.7. The molecule has 0 saturated heterocycles. The van der Waals surface area contributed by atoms with Crippen LogP contribution in [0.1, 0.15) is 31.2 Å². The molecule has 0 nitrogen and oxygen atoms in total. The van der Waals surface area contributed by atoms with Gasteiger partial charge in [-0.25, -0.2) is 0 Å². The maximum atomic E-state index is 6.44. The number of hydrogen-bond donors (Lipinski definition) is 0. The first-order chi connectivity index (χ1) is 8.66. The molecular formula is C17H19Cl. The normalized spacial score (nSPS) is 13.6. The van der Waals surface area contributed by atoms with Gasteiger partial charge in [-0.3, -0.25) is 0 Å². The van der Waals surface area contributed by atoms with Crippen LogP contribution < -0.4 is 0 Å². The first-order valence-electron chi connectivity index (χ1n) is 6.46. The van der Waals surface area contributed by atoms with Crippen molar-refractivity contribution in [1.29, 1.82) is 0 Å². The topological polar surface area (TPSA) is 0 Å². The van der Waals surface area contributed by atoms with E-state index in [9.17, 15) is 0 Å². The molecule has 0 aromatic heterocycles. The van der Waals surface area contributed by atoms with Gasteiger partial charge in [0.1, 0.15) is 0 Å². The first-order valence-corrected chi connectivity index (χ1v) is 6.90. The fourth-order valence-corrected chi connectivity index (χ4v) is 2.25. The van der Waals surface area contributed by atoms with Crippen LogP contribution in [0.3, 0.4) is 0 Å². The molecule has 0 aliphatic carbocycles. The van der Waals surface area contributed by atoms with Crippen LogP contribution in [0.5, 0.6) is 0 Å². The fraction of sp³-hybridized carbons (Fsp3) is 0.294. The van der Waals surface area contributed by atoms with Crippen molar-refractivity contribution in [1.82, 2.24) is 0 Å². The summed E-state index contributed by atoms with van der Waals surface area (Å²) < 4.78 is 0. The van der Waals surface area contributed by atoms with E-state index in [0.717, 1.165) is 6.42 Å². The van der Waals surface area contributed by atoms with Crippen LogP contribution in [-0.4, -0.2) is 0 Å². The minimum absolute atomic E-state index is 0.0598. The second-order valence-electron chi connectivity index (χ2n) is 4.98. The third-order valence-electron chi connectivity index (χ3n) is 3.00. The van der Waals surface area contributed by atoms with E-state index < -0.39 is 0 Å². The van der Waals surface area contributed by atoms with Gasteiger partial charge in [0.2, 0.25) is 0 Å². The van der Waals surface area contributed by atoms with Gasteiger partial charge in [-0.2, -0.15) is 0 Å². The van der Waals surface area contributed by atoms with Crippen LogP contribution in [0.15, 0.2) is 54.6 Å². The standard InChI is InChI=1S/C17H19Cl/c1-13(2)6-5-9-17(18)16-11-10-14-7-3-4-8-15(14)12-16/h3-8,10-13,17H,9H2,1-2H3/b6-5+. The zero-order valence-electron chi connectivity index (χ0n) is 10.9. The van der Waals surface area contributed by atoms with Crippen molar-refractivity contribution in [3.05, 3.63) is 60.2 Å². The molecule has 94 valence electrons. The summed E-state index contributed by atoms with van der Waals surface area (Å²) in [5, 5.41) is 2.58. The maximum Gasteiger partial charge on any atom is 0.0619 e. The predicted octanol–water partition coefficient (Wildman–Crippen LogP) is 5.72. The van der Waals surface area contributed by atoms with Crippen LogP contribution in [0, 0.1) is 5.92 Å². The predicted molar refractivity (Wildman–Crippen MR) is 81.1 cm³/mol. The number of rotatable bonds is 4. The Kier molecular flexibility index (Phi) is 4.43. The van der Waals surface area contributed by atoms with Crippen molar-refractivity contribution >= 4 is 22.4 Å². The van der Waals surface area contributed by atoms with E-state index in [0.29, 0.717) is 5.92 Å². The molecule has 2 aromatic carbocycles. The number of halogens is 1. The molecule has 0 N–H and O–H groups in total. The molecule has 1 unspecified atom stereocenters. The van der Waals surface area contributed by atoms with Gasteiger partial charge in [-0.15, -0.1) is 11.6 Å². The lowest BCUT2D eigenvalue weighted by Gasteiger charge is -2.09. The van der Waals surface area contributed by atoms with Crippen molar-refractivity contribution in [2.24, 2.45) is 5.92 Å². The quantitative estimate of drug-likeness (QED) is 0.486. The van der Waals surface area contributed by atoms with Crippen LogP contribution in [0.4, 0.5) is 0 Å². The van der Waals surface area contributed by atoms with Crippen molar-refractivity contribution in [2.45, 2.75) is 25.6 Å². The molecule has 2 rings (SSSR count). The van der Waals surface area contributed by atoms with E-state index in [1.165, 1.54) is 16.3 Å². The zero-order chi connectivity index (χ0) is 13.0. The number of alkyl halides is 1. The molecule has 0 bridgehead atoms. The lowest BCUT2D eigenvalue weighted by Crippen LogP contribution is -1.89. The Morgan fingerprint density at radius 3 is 2.50 bits per heavy atom. The number of benzene rings is 2. The van der Waals surface area contributed by atoms with E-state index in [4.69, 9.17) is 11.6 Å². The lowest BCUT2D eigenvalue weighted by molar-refractivity contribution is 0.819. The van der Waals surface area contributed by atoms with Gasteiger partial charge < -0.3 is 0 Å². The van der Waals surface area contributed by atoms with E-state index in [1.807, 2.05) is 0 Å². The Morgan fingerprint density at radius 2 is 1.78 bits per heavy atom. The molecule has 1 atom stereocenters. The molecule has 0 spiro atoms. The van der Waals surface area contributed by atoms with Gasteiger partial charge in [-0.1, -0.05) is 62.4 Å². The van der Waals surface area contributed by atoms with Crippen LogP contribution in [0.2, 0.25) is 0 Å². The second-order valence-corrected chi connectivity index (χ2v) is 5.51. The van der Waals surface area contributed by atoms with Gasteiger partial charge in [0.05, 0.1) is 5.38 Å². The highest BCUT2D eigenvalue weighted by Crippen LogP contribution is 2.27. The molecule has 18 heavy (non-hydrogen) atoms. The molecule has 0 aliphatic heterocycles. The lowest BCUT2D eigenvalue weighted by atomic mass is 10.0. The minimum Gasteiger partial charge on any atom is -0.117 e. The van der Waals surface area contributed by atoms with Crippen LogP contribution in [0.25, 0.3) is 10.8 Å². The van der Waals surface area contributed by atoms with Gasteiger partial charge >= 0.3 is 0 Å². The Hall–Kier alpha value is -1.27. The van der Waals surface area contributed by atoms with Gasteiger partial charge in [0, 0.05) is 0 Å². The molecule has 0 fully saturated rings. The van der Waals surface area contributed by atoms with Crippen molar-refractivity contribution in [3.63, 3.8) is 0 Å². The smallest absolute Gasteiger partial charge is 0.0619 e. The molecule has 0 radical (unpaired) electrons. The van der Waals surface area contributed by atoms with Crippen molar-refractivity contribution < 1.29 is 0 Å². The highest BCUT2D eigenvalue weighted by molar-refractivity contribution is 6.21. The molecule has 0 amide bonds. The highest BCUT2D eigenvalue weighted by Gasteiger charge is 2.06. The van der Waals surface area contributed by atoms with Crippen LogP contribution in [-0.2, 0) is 0 Å². The third-order valence-corrected chi connectivity index (χ3v) is 3.43. The first kappa shape index (κ1) is 13.2. The van der Waals surface area contributed by atoms with Crippen LogP contribution >= 0.6 is 11.6 Å². The summed E-state index contributed by atoms with van der Waals surface area (Å²) in [7, 11) is 0. The molecule has 0 saturated carbocycles. The number of hydrogen-bond acceptors (Lipinski definition) is 0. The Morgan fingerprint density at radius 1 is 1.06 bits per heavy atom. The van der Waals surface area contributed by atoms with Gasteiger partial charge in [0.25, 0.3) is 0 Å². The Bertz CT molecular complexity index is 540. The average Bonchev–Trinajstić information content (AvgIpc) is 2.37. The summed E-state index contributed by atoms with van der Waals surface area (Å²) in [6.07, 6.45) is 5.27. The monoisotopic (exact) mass is 258 g/mol. The average molecular weight is 259 g/mol. The largest absolute Gasteiger partial charge is 0.117 e. The molecule has 0 aliphatic rings. The Balaban J connectivity index is 2.15. The summed E-state index contributed by atoms with van der Waals surface area (Å²) in [4.78, 5) is 0. The summed E-state index contributed by atoms with van der Waals surface area (Å²) >= 11 is 6.44. The molecule has 2 aromatic rings.